The molecular weight excluding hydrogens is 226 g/mol. The van der Waals surface area contributed by atoms with Gasteiger partial charge in [-0.25, -0.2) is 8.78 Å². The average molecular weight is 236 g/mol. The molecule has 5 heteroatoms. The lowest BCUT2D eigenvalue weighted by Gasteiger charge is -2.19. The number of amides is 1. The molecule has 1 aliphatic heterocycles. The summed E-state index contributed by atoms with van der Waals surface area (Å²) in [7, 11) is 0. The number of rotatable bonds is 1. The van der Waals surface area contributed by atoms with Gasteiger partial charge in [0.05, 0.1) is 11.6 Å². The fourth-order valence-corrected chi connectivity index (χ4v) is 1.97. The van der Waals surface area contributed by atoms with Gasteiger partial charge in [-0.05, 0) is 25.0 Å². The fraction of sp³-hybridized carbons (Fsp3) is 0.333. The minimum atomic E-state index is -1.15. The van der Waals surface area contributed by atoms with E-state index in [4.69, 9.17) is 5.26 Å². The number of likely N-dealkylation sites (tertiary alicyclic amines) is 1. The van der Waals surface area contributed by atoms with E-state index < -0.39 is 23.6 Å². The molecule has 2 rings (SSSR count). The first-order valence-corrected chi connectivity index (χ1v) is 5.29. The third-order valence-electron chi connectivity index (χ3n) is 2.84. The van der Waals surface area contributed by atoms with E-state index in [-0.39, 0.29) is 5.56 Å². The maximum atomic E-state index is 13.4. The predicted molar refractivity (Wildman–Crippen MR) is 56.0 cm³/mol. The van der Waals surface area contributed by atoms with Crippen molar-refractivity contribution in [3.05, 3.63) is 35.4 Å². The predicted octanol–water partition coefficient (Wildman–Crippen LogP) is 2.09. The van der Waals surface area contributed by atoms with E-state index in [1.807, 2.05) is 6.07 Å². The van der Waals surface area contributed by atoms with Crippen molar-refractivity contribution in [2.45, 2.75) is 18.9 Å². The van der Waals surface area contributed by atoms with Gasteiger partial charge in [0.15, 0.2) is 11.6 Å². The maximum Gasteiger partial charge on any atom is 0.258 e. The number of nitrogens with zero attached hydrogens (tertiary/aromatic N) is 2. The van der Waals surface area contributed by atoms with Gasteiger partial charge >= 0.3 is 0 Å². The first-order chi connectivity index (χ1) is 8.15. The number of carbonyl (C=O) groups excluding carboxylic acids is 1. The molecule has 1 aromatic carbocycles. The Bertz CT molecular complexity index is 496. The van der Waals surface area contributed by atoms with E-state index in [2.05, 4.69) is 0 Å². The summed E-state index contributed by atoms with van der Waals surface area (Å²) in [6.45, 7) is 0.410. The molecule has 1 heterocycles. The number of benzene rings is 1. The number of hydrogen-bond donors (Lipinski definition) is 0. The minimum Gasteiger partial charge on any atom is -0.323 e. The summed E-state index contributed by atoms with van der Waals surface area (Å²) in [6, 6.07) is 4.92. The molecule has 0 aromatic heterocycles. The van der Waals surface area contributed by atoms with Crippen LogP contribution in [0.25, 0.3) is 0 Å². The van der Waals surface area contributed by atoms with E-state index in [9.17, 15) is 13.6 Å². The Balaban J connectivity index is 2.32. The molecule has 1 aromatic rings. The average Bonchev–Trinajstić information content (AvgIpc) is 2.80. The van der Waals surface area contributed by atoms with Gasteiger partial charge < -0.3 is 4.90 Å². The molecule has 88 valence electrons. The van der Waals surface area contributed by atoms with Crippen molar-refractivity contribution < 1.29 is 13.6 Å². The summed E-state index contributed by atoms with van der Waals surface area (Å²) in [5, 5.41) is 8.84. The lowest BCUT2D eigenvalue weighted by atomic mass is 10.1. The molecule has 1 amide bonds. The first kappa shape index (κ1) is 11.5. The zero-order valence-corrected chi connectivity index (χ0v) is 8.99. The van der Waals surface area contributed by atoms with Gasteiger partial charge in [0.2, 0.25) is 0 Å². The van der Waals surface area contributed by atoms with Gasteiger partial charge in [-0.3, -0.25) is 4.79 Å². The quantitative estimate of drug-likeness (QED) is 0.749. The fourth-order valence-electron chi connectivity index (χ4n) is 1.97. The summed E-state index contributed by atoms with van der Waals surface area (Å²) < 4.78 is 26.4. The van der Waals surface area contributed by atoms with E-state index in [0.29, 0.717) is 19.4 Å². The van der Waals surface area contributed by atoms with Gasteiger partial charge in [0, 0.05) is 6.54 Å². The lowest BCUT2D eigenvalue weighted by molar-refractivity contribution is 0.0759. The molecule has 0 bridgehead atoms. The van der Waals surface area contributed by atoms with Crippen molar-refractivity contribution in [1.29, 1.82) is 5.26 Å². The Labute approximate surface area is 97.3 Å². The smallest absolute Gasteiger partial charge is 0.258 e. The second-order valence-electron chi connectivity index (χ2n) is 3.89. The SMILES string of the molecule is N#CC1CCCN1C(=O)c1cccc(F)c1F. The Kier molecular flexibility index (Phi) is 3.05. The molecule has 0 N–H and O–H groups in total. The van der Waals surface area contributed by atoms with Gasteiger partial charge in [0.25, 0.3) is 5.91 Å². The molecule has 0 radical (unpaired) electrons. The minimum absolute atomic E-state index is 0.313. The van der Waals surface area contributed by atoms with Crippen LogP contribution >= 0.6 is 0 Å². The normalized spacial score (nSPS) is 19.1. The summed E-state index contributed by atoms with van der Waals surface area (Å²) >= 11 is 0. The summed E-state index contributed by atoms with van der Waals surface area (Å²) in [5.41, 5.74) is -0.313. The second kappa shape index (κ2) is 4.50. The third kappa shape index (κ3) is 1.98. The van der Waals surface area contributed by atoms with Gasteiger partial charge in [-0.15, -0.1) is 0 Å². The molecule has 1 unspecified atom stereocenters. The van der Waals surface area contributed by atoms with Crippen LogP contribution < -0.4 is 0 Å². The topological polar surface area (TPSA) is 44.1 Å². The van der Waals surface area contributed by atoms with Crippen molar-refractivity contribution in [2.75, 3.05) is 6.54 Å². The lowest BCUT2D eigenvalue weighted by Crippen LogP contribution is -2.35. The molecule has 1 saturated heterocycles. The van der Waals surface area contributed by atoms with Crippen molar-refractivity contribution >= 4 is 5.91 Å². The number of nitriles is 1. The number of halogens is 2. The monoisotopic (exact) mass is 236 g/mol. The second-order valence-corrected chi connectivity index (χ2v) is 3.89. The first-order valence-electron chi connectivity index (χ1n) is 5.29. The van der Waals surface area contributed by atoms with Gasteiger partial charge in [-0.2, -0.15) is 5.26 Å². The van der Waals surface area contributed by atoms with Crippen LogP contribution in [0.5, 0.6) is 0 Å². The standard InChI is InChI=1S/C12H10F2N2O/c13-10-5-1-4-9(11(10)14)12(17)16-6-2-3-8(16)7-15/h1,4-5,8H,2-3,6H2. The molecule has 0 saturated carbocycles. The van der Waals surface area contributed by atoms with Crippen LogP contribution in [0.15, 0.2) is 18.2 Å². The van der Waals surface area contributed by atoms with Crippen molar-refractivity contribution in [1.82, 2.24) is 4.90 Å². The van der Waals surface area contributed by atoms with Crippen LogP contribution in [0, 0.1) is 23.0 Å². The molecule has 1 atom stereocenters. The zero-order chi connectivity index (χ0) is 12.4. The largest absolute Gasteiger partial charge is 0.323 e. The van der Waals surface area contributed by atoms with E-state index in [1.165, 1.54) is 17.0 Å². The van der Waals surface area contributed by atoms with Crippen LogP contribution in [0.1, 0.15) is 23.2 Å². The van der Waals surface area contributed by atoms with Crippen molar-refractivity contribution in [3.8, 4) is 6.07 Å². The van der Waals surface area contributed by atoms with E-state index >= 15 is 0 Å². The van der Waals surface area contributed by atoms with Gasteiger partial charge in [0.1, 0.15) is 6.04 Å². The van der Waals surface area contributed by atoms with Crippen LogP contribution in [0.2, 0.25) is 0 Å². The highest BCUT2D eigenvalue weighted by molar-refractivity contribution is 5.95. The van der Waals surface area contributed by atoms with Crippen LogP contribution in [0.4, 0.5) is 8.78 Å². The Morgan fingerprint density at radius 2 is 2.24 bits per heavy atom. The summed E-state index contributed by atoms with van der Waals surface area (Å²) in [4.78, 5) is 13.2. The van der Waals surface area contributed by atoms with E-state index in [0.717, 1.165) is 6.07 Å². The Hall–Kier alpha value is -1.96. The molecule has 17 heavy (non-hydrogen) atoms. The summed E-state index contributed by atoms with van der Waals surface area (Å²) in [6.07, 6.45) is 1.29. The zero-order valence-electron chi connectivity index (χ0n) is 8.99. The highest BCUT2D eigenvalue weighted by Crippen LogP contribution is 2.21. The van der Waals surface area contributed by atoms with E-state index in [1.54, 1.807) is 0 Å². The highest BCUT2D eigenvalue weighted by atomic mass is 19.2. The van der Waals surface area contributed by atoms with Crippen molar-refractivity contribution in [3.63, 3.8) is 0 Å². The molecule has 3 nitrogen and oxygen atoms in total. The van der Waals surface area contributed by atoms with Crippen LogP contribution in [-0.2, 0) is 0 Å². The van der Waals surface area contributed by atoms with Crippen LogP contribution in [0.3, 0.4) is 0 Å². The highest BCUT2D eigenvalue weighted by Gasteiger charge is 2.31. The Morgan fingerprint density at radius 3 is 2.94 bits per heavy atom. The van der Waals surface area contributed by atoms with Crippen molar-refractivity contribution in [2.24, 2.45) is 0 Å². The third-order valence-corrected chi connectivity index (χ3v) is 2.84. The van der Waals surface area contributed by atoms with Crippen LogP contribution in [-0.4, -0.2) is 23.4 Å². The molecule has 0 spiro atoms. The molecular formula is C12H10F2N2O. The molecule has 1 fully saturated rings. The Morgan fingerprint density at radius 1 is 1.47 bits per heavy atom. The molecule has 0 aliphatic carbocycles. The number of carbonyl (C=O) groups is 1. The molecule has 1 aliphatic rings. The number of hydrogen-bond acceptors (Lipinski definition) is 2. The maximum absolute atomic E-state index is 13.4. The van der Waals surface area contributed by atoms with Gasteiger partial charge in [-0.1, -0.05) is 6.07 Å². The summed E-state index contributed by atoms with van der Waals surface area (Å²) in [5.74, 6) is -2.82.